The summed E-state index contributed by atoms with van der Waals surface area (Å²) in [5.41, 5.74) is 2.63. The number of methoxy groups -OCH3 is 3. The van der Waals surface area contributed by atoms with E-state index in [1.807, 2.05) is 36.4 Å². The maximum absolute atomic E-state index is 12.5. The molecule has 0 aromatic heterocycles. The van der Waals surface area contributed by atoms with Gasteiger partial charge in [-0.05, 0) is 49.2 Å². The van der Waals surface area contributed by atoms with E-state index in [0.717, 1.165) is 49.7 Å². The highest BCUT2D eigenvalue weighted by Gasteiger charge is 2.34. The van der Waals surface area contributed by atoms with Gasteiger partial charge in [-0.15, -0.1) is 0 Å². The number of ether oxygens (including phenoxy) is 4. The fourth-order valence-corrected chi connectivity index (χ4v) is 4.85. The second-order valence-electron chi connectivity index (χ2n) is 9.15. The fraction of sp³-hybridized carbons (Fsp3) is 0.355. The Kier molecular flexibility index (Phi) is 9.25. The molecular weight excluding hydrogens is 482 g/mol. The summed E-state index contributed by atoms with van der Waals surface area (Å²) in [4.78, 5) is 26.3. The van der Waals surface area contributed by atoms with E-state index >= 15 is 0 Å². The van der Waals surface area contributed by atoms with Gasteiger partial charge in [-0.3, -0.25) is 14.5 Å². The van der Waals surface area contributed by atoms with Crippen LogP contribution in [0.15, 0.2) is 60.7 Å². The van der Waals surface area contributed by atoms with Crippen LogP contribution in [0.4, 0.5) is 0 Å². The summed E-state index contributed by atoms with van der Waals surface area (Å²) in [6.07, 6.45) is 5.85. The number of benzene rings is 3. The highest BCUT2D eigenvalue weighted by molar-refractivity contribution is 6.21. The van der Waals surface area contributed by atoms with Gasteiger partial charge in [0.05, 0.1) is 50.2 Å². The Balaban J connectivity index is 1.23. The average Bonchev–Trinajstić information content (AvgIpc) is 3.20. The van der Waals surface area contributed by atoms with E-state index < -0.39 is 0 Å². The molecule has 1 aliphatic heterocycles. The largest absolute Gasteiger partial charge is 0.496 e. The minimum absolute atomic E-state index is 0.176. The number of nitrogens with zero attached hydrogens (tertiary/aromatic N) is 1. The molecule has 0 N–H and O–H groups in total. The Morgan fingerprint density at radius 3 is 1.53 bits per heavy atom. The van der Waals surface area contributed by atoms with E-state index in [9.17, 15) is 9.59 Å². The van der Waals surface area contributed by atoms with Gasteiger partial charge in [0.15, 0.2) is 0 Å². The normalized spacial score (nSPS) is 12.4. The smallest absolute Gasteiger partial charge is 0.261 e. The molecule has 0 radical (unpaired) electrons. The van der Waals surface area contributed by atoms with Crippen molar-refractivity contribution < 1.29 is 28.5 Å². The van der Waals surface area contributed by atoms with Crippen LogP contribution in [0.5, 0.6) is 23.0 Å². The van der Waals surface area contributed by atoms with E-state index in [1.165, 1.54) is 4.90 Å². The van der Waals surface area contributed by atoms with Crippen LogP contribution in [0.25, 0.3) is 11.1 Å². The maximum atomic E-state index is 12.5. The van der Waals surface area contributed by atoms with Crippen LogP contribution in [0.3, 0.4) is 0 Å². The van der Waals surface area contributed by atoms with Crippen LogP contribution in [0, 0.1) is 0 Å². The van der Waals surface area contributed by atoms with E-state index in [2.05, 4.69) is 0 Å². The summed E-state index contributed by atoms with van der Waals surface area (Å²) >= 11 is 0. The molecule has 2 amide bonds. The van der Waals surface area contributed by atoms with Crippen LogP contribution in [0.2, 0.25) is 0 Å². The SMILES string of the molecule is COc1cccc(OC)c1-c1c(OC)cccc1OCCCCCCCCN1C(=O)c2ccccc2C1=O. The standard InChI is InChI=1S/C31H35NO6/c1-35-24-16-12-17-25(36-2)28(24)29-26(37-3)18-13-19-27(29)38-21-11-7-5-4-6-10-20-32-30(33)22-14-8-9-15-23(22)31(32)34/h8-9,12-19H,4-7,10-11,20-21H2,1-3H3. The van der Waals surface area contributed by atoms with Gasteiger partial charge in [-0.1, -0.05) is 49.9 Å². The first-order valence-corrected chi connectivity index (χ1v) is 13.1. The molecule has 0 spiro atoms. The Morgan fingerprint density at radius 1 is 0.553 bits per heavy atom. The zero-order valence-electron chi connectivity index (χ0n) is 22.3. The Bertz CT molecular complexity index is 1210. The number of imide groups is 1. The first-order chi connectivity index (χ1) is 18.6. The zero-order valence-corrected chi connectivity index (χ0v) is 22.3. The van der Waals surface area contributed by atoms with Gasteiger partial charge in [-0.25, -0.2) is 0 Å². The molecule has 0 bridgehead atoms. The quantitative estimate of drug-likeness (QED) is 0.182. The third-order valence-corrected chi connectivity index (χ3v) is 6.80. The second kappa shape index (κ2) is 13.0. The Labute approximate surface area is 224 Å². The van der Waals surface area contributed by atoms with E-state index in [4.69, 9.17) is 18.9 Å². The highest BCUT2D eigenvalue weighted by atomic mass is 16.5. The van der Waals surface area contributed by atoms with Crippen LogP contribution < -0.4 is 18.9 Å². The average molecular weight is 518 g/mol. The molecule has 0 saturated heterocycles. The minimum atomic E-state index is -0.176. The molecule has 0 atom stereocenters. The van der Waals surface area contributed by atoms with E-state index in [-0.39, 0.29) is 11.8 Å². The van der Waals surface area contributed by atoms with Gasteiger partial charge in [0.1, 0.15) is 23.0 Å². The lowest BCUT2D eigenvalue weighted by Gasteiger charge is -2.19. The molecule has 3 aromatic rings. The third kappa shape index (κ3) is 5.77. The van der Waals surface area contributed by atoms with Gasteiger partial charge in [0.25, 0.3) is 11.8 Å². The molecule has 0 unspecified atom stereocenters. The number of fused-ring (bicyclic) bond motifs is 1. The van der Waals surface area contributed by atoms with Gasteiger partial charge < -0.3 is 18.9 Å². The molecule has 3 aromatic carbocycles. The van der Waals surface area contributed by atoms with Crippen LogP contribution in [-0.2, 0) is 0 Å². The summed E-state index contributed by atoms with van der Waals surface area (Å²) in [5, 5.41) is 0. The number of hydrogen-bond donors (Lipinski definition) is 0. The highest BCUT2D eigenvalue weighted by Crippen LogP contribution is 2.47. The van der Waals surface area contributed by atoms with Crippen LogP contribution in [0.1, 0.15) is 59.2 Å². The number of carbonyl (C=O) groups is 2. The van der Waals surface area contributed by atoms with Crippen LogP contribution in [-0.4, -0.2) is 51.2 Å². The van der Waals surface area contributed by atoms with Crippen molar-refractivity contribution in [2.45, 2.75) is 38.5 Å². The van der Waals surface area contributed by atoms with Crippen molar-refractivity contribution in [2.75, 3.05) is 34.5 Å². The summed E-state index contributed by atoms with van der Waals surface area (Å²) in [7, 11) is 4.90. The van der Waals surface area contributed by atoms with Gasteiger partial charge in [0, 0.05) is 6.54 Å². The summed E-state index contributed by atoms with van der Waals surface area (Å²) in [5.74, 6) is 2.41. The number of amides is 2. The number of hydrogen-bond acceptors (Lipinski definition) is 6. The fourth-order valence-electron chi connectivity index (χ4n) is 4.85. The first-order valence-electron chi connectivity index (χ1n) is 13.1. The monoisotopic (exact) mass is 517 g/mol. The number of carbonyl (C=O) groups excluding carboxylic acids is 2. The molecular formula is C31H35NO6. The van der Waals surface area contributed by atoms with Crippen molar-refractivity contribution >= 4 is 11.8 Å². The van der Waals surface area contributed by atoms with Crippen LogP contribution >= 0.6 is 0 Å². The molecule has 7 nitrogen and oxygen atoms in total. The molecule has 7 heteroatoms. The third-order valence-electron chi connectivity index (χ3n) is 6.80. The van der Waals surface area contributed by atoms with Gasteiger partial charge >= 0.3 is 0 Å². The lowest BCUT2D eigenvalue weighted by Crippen LogP contribution is -2.30. The Morgan fingerprint density at radius 2 is 1.00 bits per heavy atom. The number of rotatable bonds is 14. The second-order valence-corrected chi connectivity index (χ2v) is 9.15. The van der Waals surface area contributed by atoms with Crippen molar-refractivity contribution in [1.29, 1.82) is 0 Å². The molecule has 1 aliphatic rings. The first kappa shape index (κ1) is 27.0. The van der Waals surface area contributed by atoms with Gasteiger partial charge in [0.2, 0.25) is 0 Å². The summed E-state index contributed by atoms with van der Waals surface area (Å²) in [6, 6.07) is 18.4. The zero-order chi connectivity index (χ0) is 26.9. The summed E-state index contributed by atoms with van der Waals surface area (Å²) in [6.45, 7) is 1.05. The topological polar surface area (TPSA) is 74.3 Å². The van der Waals surface area contributed by atoms with Crippen molar-refractivity contribution in [3.63, 3.8) is 0 Å². The lowest BCUT2D eigenvalue weighted by molar-refractivity contribution is 0.0651. The Hall–Kier alpha value is -4.00. The molecule has 38 heavy (non-hydrogen) atoms. The molecule has 4 rings (SSSR count). The molecule has 0 aliphatic carbocycles. The maximum Gasteiger partial charge on any atom is 0.261 e. The van der Waals surface area contributed by atoms with Crippen molar-refractivity contribution in [1.82, 2.24) is 4.90 Å². The molecule has 0 saturated carbocycles. The molecule has 200 valence electrons. The molecule has 0 fully saturated rings. The predicted molar refractivity (Wildman–Crippen MR) is 147 cm³/mol. The lowest BCUT2D eigenvalue weighted by atomic mass is 10.0. The molecule has 1 heterocycles. The van der Waals surface area contributed by atoms with Gasteiger partial charge in [-0.2, -0.15) is 0 Å². The predicted octanol–water partition coefficient (Wildman–Crippen LogP) is 6.40. The minimum Gasteiger partial charge on any atom is -0.496 e. The summed E-state index contributed by atoms with van der Waals surface area (Å²) < 4.78 is 23.1. The van der Waals surface area contributed by atoms with Crippen molar-refractivity contribution in [3.8, 4) is 34.1 Å². The number of unbranched alkanes of at least 4 members (excludes halogenated alkanes) is 5. The van der Waals surface area contributed by atoms with Crippen molar-refractivity contribution in [3.05, 3.63) is 71.8 Å². The van der Waals surface area contributed by atoms with E-state index in [1.54, 1.807) is 45.6 Å². The van der Waals surface area contributed by atoms with E-state index in [0.29, 0.717) is 47.3 Å². The van der Waals surface area contributed by atoms with Crippen molar-refractivity contribution in [2.24, 2.45) is 0 Å².